The minimum atomic E-state index is -0.144. The molecule has 1 aliphatic rings. The molecule has 1 atom stereocenters. The number of aromatic hydroxyl groups is 1. The molecule has 0 spiro atoms. The number of imidazole rings is 1. The van der Waals surface area contributed by atoms with Crippen LogP contribution in [0.4, 0.5) is 5.82 Å². The summed E-state index contributed by atoms with van der Waals surface area (Å²) >= 11 is 7.60. The minimum absolute atomic E-state index is 0.0371. The van der Waals surface area contributed by atoms with Gasteiger partial charge in [0, 0.05) is 5.69 Å². The summed E-state index contributed by atoms with van der Waals surface area (Å²) in [5.74, 6) is 0.814. The van der Waals surface area contributed by atoms with Gasteiger partial charge in [-0.2, -0.15) is 0 Å². The molecule has 4 rings (SSSR count). The lowest BCUT2D eigenvalue weighted by atomic mass is 10.1. The molecule has 1 aromatic heterocycles. The second-order valence-electron chi connectivity index (χ2n) is 5.63. The normalized spacial score (nSPS) is 16.8. The Morgan fingerprint density at radius 2 is 2.04 bits per heavy atom. The van der Waals surface area contributed by atoms with Gasteiger partial charge < -0.3 is 10.4 Å². The summed E-state index contributed by atoms with van der Waals surface area (Å²) in [6.07, 6.45) is 1.71. The standard InChI is InChI=1S/C18H14ClN3O2S/c19-13-8-11(6-7-14(13)23)17-16-18(21-15(24)9-25-17)20-10-22(16)12-4-2-1-3-5-12/h1-8,10,17,23H,9H2,(H,21,24). The highest BCUT2D eigenvalue weighted by Gasteiger charge is 2.29. The molecule has 2 heterocycles. The summed E-state index contributed by atoms with van der Waals surface area (Å²) in [5, 5.41) is 12.7. The van der Waals surface area contributed by atoms with Gasteiger partial charge in [-0.3, -0.25) is 9.36 Å². The molecule has 0 saturated carbocycles. The van der Waals surface area contributed by atoms with Gasteiger partial charge >= 0.3 is 0 Å². The van der Waals surface area contributed by atoms with Crippen molar-refractivity contribution in [3.63, 3.8) is 0 Å². The number of aromatic nitrogens is 2. The summed E-state index contributed by atoms with van der Waals surface area (Å²) in [6, 6.07) is 15.0. The lowest BCUT2D eigenvalue weighted by molar-refractivity contribution is -0.113. The molecule has 0 saturated heterocycles. The van der Waals surface area contributed by atoms with Gasteiger partial charge in [0.1, 0.15) is 12.1 Å². The molecule has 126 valence electrons. The van der Waals surface area contributed by atoms with Gasteiger partial charge in [0.05, 0.1) is 21.7 Å². The number of phenols is 1. The van der Waals surface area contributed by atoms with Crippen LogP contribution in [0.25, 0.3) is 5.69 Å². The lowest BCUT2D eigenvalue weighted by Crippen LogP contribution is -2.12. The smallest absolute Gasteiger partial charge is 0.235 e. The number of nitrogens with one attached hydrogen (secondary N) is 1. The Kier molecular flexibility index (Phi) is 4.15. The Balaban J connectivity index is 1.88. The van der Waals surface area contributed by atoms with E-state index in [1.807, 2.05) is 41.0 Å². The van der Waals surface area contributed by atoms with Crippen molar-refractivity contribution < 1.29 is 9.90 Å². The third-order valence-corrected chi connectivity index (χ3v) is 5.56. The first-order chi connectivity index (χ1) is 12.1. The van der Waals surface area contributed by atoms with Crippen LogP contribution < -0.4 is 5.32 Å². The van der Waals surface area contributed by atoms with Crippen molar-refractivity contribution in [3.8, 4) is 11.4 Å². The van der Waals surface area contributed by atoms with Crippen molar-refractivity contribution >= 4 is 35.1 Å². The maximum atomic E-state index is 12.0. The first-order valence-electron chi connectivity index (χ1n) is 7.66. The maximum Gasteiger partial charge on any atom is 0.235 e. The van der Waals surface area contributed by atoms with Crippen molar-refractivity contribution in [2.45, 2.75) is 5.25 Å². The number of amides is 1. The van der Waals surface area contributed by atoms with Crippen LogP contribution in [0.2, 0.25) is 5.02 Å². The van der Waals surface area contributed by atoms with Crippen LogP contribution in [-0.4, -0.2) is 26.3 Å². The summed E-state index contributed by atoms with van der Waals surface area (Å²) < 4.78 is 1.97. The number of hydrogen-bond acceptors (Lipinski definition) is 4. The molecule has 3 aromatic rings. The number of para-hydroxylation sites is 1. The molecule has 1 amide bonds. The van der Waals surface area contributed by atoms with Gasteiger partial charge in [0.25, 0.3) is 0 Å². The number of benzene rings is 2. The number of carbonyl (C=O) groups is 1. The molecule has 1 unspecified atom stereocenters. The monoisotopic (exact) mass is 371 g/mol. The van der Waals surface area contributed by atoms with Crippen molar-refractivity contribution in [2.24, 2.45) is 0 Å². The number of fused-ring (bicyclic) bond motifs is 1. The van der Waals surface area contributed by atoms with E-state index in [0.29, 0.717) is 11.6 Å². The minimum Gasteiger partial charge on any atom is -0.506 e. The van der Waals surface area contributed by atoms with E-state index >= 15 is 0 Å². The fourth-order valence-corrected chi connectivity index (χ4v) is 4.15. The summed E-state index contributed by atoms with van der Waals surface area (Å²) in [4.78, 5) is 16.4. The zero-order valence-corrected chi connectivity index (χ0v) is 14.6. The van der Waals surface area contributed by atoms with E-state index in [0.717, 1.165) is 16.9 Å². The molecule has 0 fully saturated rings. The Bertz CT molecular complexity index is 943. The molecule has 1 aliphatic heterocycles. The number of nitrogens with zero attached hydrogens (tertiary/aromatic N) is 2. The molecular weight excluding hydrogens is 358 g/mol. The molecule has 0 radical (unpaired) electrons. The fourth-order valence-electron chi connectivity index (χ4n) is 2.85. The molecule has 2 aromatic carbocycles. The Hall–Kier alpha value is -2.44. The Morgan fingerprint density at radius 3 is 2.80 bits per heavy atom. The third-order valence-electron chi connectivity index (χ3n) is 4.00. The van der Waals surface area contributed by atoms with E-state index in [4.69, 9.17) is 11.6 Å². The van der Waals surface area contributed by atoms with E-state index in [2.05, 4.69) is 10.3 Å². The average Bonchev–Trinajstić information content (AvgIpc) is 2.94. The van der Waals surface area contributed by atoms with E-state index in [1.165, 1.54) is 11.8 Å². The summed E-state index contributed by atoms with van der Waals surface area (Å²) in [5.41, 5.74) is 2.75. The molecule has 0 aliphatic carbocycles. The predicted octanol–water partition coefficient (Wildman–Crippen LogP) is 4.01. The van der Waals surface area contributed by atoms with Gasteiger partial charge in [-0.25, -0.2) is 4.98 Å². The van der Waals surface area contributed by atoms with Gasteiger partial charge in [-0.05, 0) is 29.8 Å². The van der Waals surface area contributed by atoms with E-state index in [-0.39, 0.29) is 21.9 Å². The van der Waals surface area contributed by atoms with Gasteiger partial charge in [0.15, 0.2) is 5.82 Å². The quantitative estimate of drug-likeness (QED) is 0.714. The SMILES string of the molecule is O=C1CSC(c2ccc(O)c(Cl)c2)c2c(ncn2-c2ccccc2)N1. The van der Waals surface area contributed by atoms with Gasteiger partial charge in [0.2, 0.25) is 5.91 Å². The van der Waals surface area contributed by atoms with Crippen LogP contribution in [-0.2, 0) is 4.79 Å². The molecule has 5 nitrogen and oxygen atoms in total. The van der Waals surface area contributed by atoms with Crippen molar-refractivity contribution in [1.29, 1.82) is 0 Å². The first kappa shape index (κ1) is 16.1. The lowest BCUT2D eigenvalue weighted by Gasteiger charge is -2.18. The van der Waals surface area contributed by atoms with Crippen LogP contribution in [0.15, 0.2) is 54.9 Å². The Labute approximate surface area is 153 Å². The van der Waals surface area contributed by atoms with Crippen LogP contribution in [0.1, 0.15) is 16.5 Å². The molecule has 2 N–H and O–H groups in total. The van der Waals surface area contributed by atoms with Crippen molar-refractivity contribution in [2.75, 3.05) is 11.1 Å². The zero-order valence-electron chi connectivity index (χ0n) is 13.0. The number of anilines is 1. The van der Waals surface area contributed by atoms with Crippen molar-refractivity contribution in [1.82, 2.24) is 9.55 Å². The molecular formula is C18H14ClN3O2S. The van der Waals surface area contributed by atoms with Crippen molar-refractivity contribution in [3.05, 3.63) is 71.1 Å². The first-order valence-corrected chi connectivity index (χ1v) is 9.08. The van der Waals surface area contributed by atoms with Gasteiger partial charge in [-0.15, -0.1) is 11.8 Å². The highest BCUT2D eigenvalue weighted by molar-refractivity contribution is 8.00. The van der Waals surface area contributed by atoms with E-state index in [9.17, 15) is 9.90 Å². The summed E-state index contributed by atoms with van der Waals surface area (Å²) in [7, 11) is 0. The van der Waals surface area contributed by atoms with Crippen LogP contribution in [0.3, 0.4) is 0 Å². The topological polar surface area (TPSA) is 67.1 Å². The van der Waals surface area contributed by atoms with E-state index < -0.39 is 0 Å². The second kappa shape index (κ2) is 6.46. The maximum absolute atomic E-state index is 12.0. The summed E-state index contributed by atoms with van der Waals surface area (Å²) in [6.45, 7) is 0. The largest absolute Gasteiger partial charge is 0.506 e. The molecule has 25 heavy (non-hydrogen) atoms. The molecule has 0 bridgehead atoms. The van der Waals surface area contributed by atoms with Gasteiger partial charge in [-0.1, -0.05) is 35.9 Å². The number of rotatable bonds is 2. The number of phenolic OH excluding ortho intramolecular Hbond substituents is 1. The number of thioether (sulfide) groups is 1. The fraction of sp³-hybridized carbons (Fsp3) is 0.111. The highest BCUT2D eigenvalue weighted by atomic mass is 35.5. The zero-order chi connectivity index (χ0) is 17.4. The second-order valence-corrected chi connectivity index (χ2v) is 7.13. The Morgan fingerprint density at radius 1 is 1.24 bits per heavy atom. The van der Waals surface area contributed by atoms with Crippen LogP contribution in [0.5, 0.6) is 5.75 Å². The van der Waals surface area contributed by atoms with Crippen LogP contribution in [0, 0.1) is 0 Å². The number of halogens is 1. The van der Waals surface area contributed by atoms with E-state index in [1.54, 1.807) is 18.5 Å². The highest BCUT2D eigenvalue weighted by Crippen LogP contribution is 2.43. The predicted molar refractivity (Wildman–Crippen MR) is 99.6 cm³/mol. The average molecular weight is 372 g/mol. The third kappa shape index (κ3) is 2.99. The molecule has 7 heteroatoms. The number of hydrogen-bond donors (Lipinski definition) is 2. The van der Waals surface area contributed by atoms with Crippen LogP contribution >= 0.6 is 23.4 Å². The number of carbonyl (C=O) groups excluding carboxylic acids is 1.